The Morgan fingerprint density at radius 2 is 1.24 bits per heavy atom. The van der Waals surface area contributed by atoms with Crippen LogP contribution in [0.2, 0.25) is 0 Å². The monoisotopic (exact) mass is 306 g/mol. The topological polar surface area (TPSA) is 0 Å². The molecule has 0 aliphatic carbocycles. The maximum atomic E-state index is 2.50. The van der Waals surface area contributed by atoms with Crippen LogP contribution in [0.5, 0.6) is 0 Å². The molecule has 2 unspecified atom stereocenters. The summed E-state index contributed by atoms with van der Waals surface area (Å²) in [5.41, 5.74) is 1.73. The molecular formula is C20H35P. The minimum atomic E-state index is -0.0114. The largest absolute Gasteiger partial charge is 0.0695 e. The predicted octanol–water partition coefficient (Wildman–Crippen LogP) is 6.73. The number of rotatable bonds is 11. The highest BCUT2D eigenvalue weighted by molar-refractivity contribution is 7.66. The summed E-state index contributed by atoms with van der Waals surface area (Å²) < 4.78 is 0. The van der Waals surface area contributed by atoms with Crippen molar-refractivity contribution < 1.29 is 0 Å². The molecule has 0 fully saturated rings. The summed E-state index contributed by atoms with van der Waals surface area (Å²) in [5, 5.41) is 1.63. The molecule has 0 amide bonds. The van der Waals surface area contributed by atoms with Crippen LogP contribution in [0.3, 0.4) is 0 Å². The van der Waals surface area contributed by atoms with Crippen LogP contribution < -0.4 is 5.30 Å². The van der Waals surface area contributed by atoms with Crippen molar-refractivity contribution >= 4 is 13.2 Å². The first kappa shape index (κ1) is 18.7. The summed E-state index contributed by atoms with van der Waals surface area (Å²) in [5.74, 6) is 0. The van der Waals surface area contributed by atoms with Crippen molar-refractivity contribution in [3.63, 3.8) is 0 Å². The molecular weight excluding hydrogens is 271 g/mol. The van der Waals surface area contributed by atoms with Crippen LogP contribution in [0.1, 0.15) is 79.1 Å². The fraction of sp³-hybridized carbons (Fsp3) is 0.700. The van der Waals surface area contributed by atoms with E-state index in [1.807, 2.05) is 0 Å². The van der Waals surface area contributed by atoms with Gasteiger partial charge >= 0.3 is 0 Å². The quantitative estimate of drug-likeness (QED) is 0.314. The fourth-order valence-corrected chi connectivity index (χ4v) is 6.53. The van der Waals surface area contributed by atoms with E-state index in [4.69, 9.17) is 0 Å². The number of unbranched alkanes of at least 4 members (excludes halogenated alkanes) is 4. The average molecular weight is 306 g/mol. The zero-order valence-electron chi connectivity index (χ0n) is 14.6. The minimum absolute atomic E-state index is 0.0114. The third-order valence-electron chi connectivity index (χ3n) is 4.45. The van der Waals surface area contributed by atoms with Crippen molar-refractivity contribution in [2.75, 3.05) is 0 Å². The van der Waals surface area contributed by atoms with Gasteiger partial charge in [0.15, 0.2) is 0 Å². The van der Waals surface area contributed by atoms with Crippen LogP contribution >= 0.6 is 7.92 Å². The summed E-state index contributed by atoms with van der Waals surface area (Å²) in [6, 6.07) is 11.3. The van der Waals surface area contributed by atoms with Gasteiger partial charge in [0.1, 0.15) is 0 Å². The second-order valence-electron chi connectivity index (χ2n) is 6.43. The highest BCUT2D eigenvalue weighted by Crippen LogP contribution is 2.48. The molecule has 1 rings (SSSR count). The maximum absolute atomic E-state index is 2.50. The maximum Gasteiger partial charge on any atom is -0.0195 e. The van der Waals surface area contributed by atoms with Crippen molar-refractivity contribution in [3.05, 3.63) is 30.3 Å². The van der Waals surface area contributed by atoms with E-state index >= 15 is 0 Å². The van der Waals surface area contributed by atoms with E-state index in [9.17, 15) is 0 Å². The van der Waals surface area contributed by atoms with Crippen LogP contribution in [-0.2, 0) is 0 Å². The zero-order chi connectivity index (χ0) is 15.5. The normalized spacial score (nSPS) is 15.6. The molecule has 0 saturated heterocycles. The Bertz CT molecular complexity index is 330. The molecule has 0 bridgehead atoms. The Morgan fingerprint density at radius 3 is 1.67 bits per heavy atom. The third kappa shape index (κ3) is 6.96. The highest BCUT2D eigenvalue weighted by Gasteiger charge is 2.24. The Balaban J connectivity index is 2.69. The van der Waals surface area contributed by atoms with E-state index in [-0.39, 0.29) is 7.92 Å². The van der Waals surface area contributed by atoms with E-state index in [2.05, 4.69) is 58.0 Å². The molecule has 0 N–H and O–H groups in total. The van der Waals surface area contributed by atoms with Crippen LogP contribution in [0.4, 0.5) is 0 Å². The van der Waals surface area contributed by atoms with Gasteiger partial charge in [-0.05, 0) is 29.5 Å². The standard InChI is InChI=1S/C20H35P/c1-5-7-10-14-18(3)21(19(4)15-11-8-6-2)20-16-12-9-13-17-20/h9,12-13,16-19H,5-8,10-11,14-15H2,1-4H3. The molecule has 1 heteroatoms. The summed E-state index contributed by atoms with van der Waals surface area (Å²) in [6.45, 7) is 9.62. The Morgan fingerprint density at radius 1 is 0.762 bits per heavy atom. The third-order valence-corrected chi connectivity index (χ3v) is 7.77. The molecule has 120 valence electrons. The van der Waals surface area contributed by atoms with Crippen molar-refractivity contribution in [1.29, 1.82) is 0 Å². The molecule has 1 aromatic carbocycles. The van der Waals surface area contributed by atoms with Gasteiger partial charge in [-0.3, -0.25) is 0 Å². The van der Waals surface area contributed by atoms with Gasteiger partial charge in [0.05, 0.1) is 0 Å². The number of hydrogen-bond donors (Lipinski definition) is 0. The van der Waals surface area contributed by atoms with Crippen molar-refractivity contribution in [2.45, 2.75) is 90.4 Å². The Hall–Kier alpha value is -0.350. The zero-order valence-corrected chi connectivity index (χ0v) is 15.5. The first-order valence-electron chi connectivity index (χ1n) is 9.04. The molecule has 0 aromatic heterocycles. The second kappa shape index (κ2) is 11.2. The first-order valence-corrected chi connectivity index (χ1v) is 10.5. The van der Waals surface area contributed by atoms with Crippen molar-refractivity contribution in [2.24, 2.45) is 0 Å². The predicted molar refractivity (Wildman–Crippen MR) is 100 cm³/mol. The van der Waals surface area contributed by atoms with Gasteiger partial charge in [0, 0.05) is 0 Å². The lowest BCUT2D eigenvalue weighted by molar-refractivity contribution is 0.641. The second-order valence-corrected chi connectivity index (χ2v) is 9.53. The highest BCUT2D eigenvalue weighted by atomic mass is 31.1. The molecule has 0 spiro atoms. The van der Waals surface area contributed by atoms with Crippen LogP contribution in [0.25, 0.3) is 0 Å². The van der Waals surface area contributed by atoms with Crippen LogP contribution in [-0.4, -0.2) is 11.3 Å². The summed E-state index contributed by atoms with van der Waals surface area (Å²) in [7, 11) is -0.0114. The Labute approximate surface area is 134 Å². The molecule has 1 aromatic rings. The summed E-state index contributed by atoms with van der Waals surface area (Å²) in [4.78, 5) is 0. The van der Waals surface area contributed by atoms with E-state index in [1.165, 1.54) is 51.4 Å². The van der Waals surface area contributed by atoms with E-state index < -0.39 is 0 Å². The molecule has 0 saturated carbocycles. The summed E-state index contributed by atoms with van der Waals surface area (Å²) >= 11 is 0. The lowest BCUT2D eigenvalue weighted by atomic mass is 10.2. The molecule has 0 heterocycles. The van der Waals surface area contributed by atoms with Gasteiger partial charge in [-0.1, -0.05) is 104 Å². The van der Waals surface area contributed by atoms with Gasteiger partial charge in [0.2, 0.25) is 0 Å². The van der Waals surface area contributed by atoms with Gasteiger partial charge in [-0.15, -0.1) is 0 Å². The number of benzene rings is 1. The molecule has 21 heavy (non-hydrogen) atoms. The smallest absolute Gasteiger partial charge is 0.0195 e. The Kier molecular flexibility index (Phi) is 10.0. The molecule has 0 nitrogen and oxygen atoms in total. The average Bonchev–Trinajstić information content (AvgIpc) is 2.49. The molecule has 0 aliphatic rings. The van der Waals surface area contributed by atoms with Crippen molar-refractivity contribution in [1.82, 2.24) is 0 Å². The van der Waals surface area contributed by atoms with Crippen LogP contribution in [0, 0.1) is 0 Å². The van der Waals surface area contributed by atoms with Gasteiger partial charge in [-0.25, -0.2) is 0 Å². The first-order chi connectivity index (χ1) is 10.2. The van der Waals surface area contributed by atoms with E-state index in [1.54, 1.807) is 5.30 Å². The molecule has 2 atom stereocenters. The SMILES string of the molecule is CCCCCC(C)P(c1ccccc1)C(C)CCCCC. The van der Waals surface area contributed by atoms with Crippen LogP contribution in [0.15, 0.2) is 30.3 Å². The van der Waals surface area contributed by atoms with E-state index in [0.717, 1.165) is 11.3 Å². The van der Waals surface area contributed by atoms with Gasteiger partial charge in [0.25, 0.3) is 0 Å². The number of hydrogen-bond acceptors (Lipinski definition) is 0. The molecule has 0 radical (unpaired) electrons. The van der Waals surface area contributed by atoms with E-state index in [0.29, 0.717) is 0 Å². The minimum Gasteiger partial charge on any atom is -0.0695 e. The van der Waals surface area contributed by atoms with Crippen molar-refractivity contribution in [3.8, 4) is 0 Å². The lowest BCUT2D eigenvalue weighted by Crippen LogP contribution is -2.19. The van der Waals surface area contributed by atoms with Gasteiger partial charge < -0.3 is 0 Å². The summed E-state index contributed by atoms with van der Waals surface area (Å²) in [6.07, 6.45) is 11.1. The lowest BCUT2D eigenvalue weighted by Gasteiger charge is -2.31. The molecule has 0 aliphatic heterocycles. The van der Waals surface area contributed by atoms with Gasteiger partial charge in [-0.2, -0.15) is 0 Å². The fourth-order valence-electron chi connectivity index (χ4n) is 3.20.